The van der Waals surface area contributed by atoms with E-state index in [1.165, 1.54) is 29.9 Å². The molecule has 1 aromatic carbocycles. The molecule has 0 spiro atoms. The van der Waals surface area contributed by atoms with Crippen LogP contribution in [0, 0.1) is 5.82 Å². The van der Waals surface area contributed by atoms with Gasteiger partial charge in [-0.25, -0.2) is 22.9 Å². The molecule has 0 saturated heterocycles. The summed E-state index contributed by atoms with van der Waals surface area (Å²) in [5.74, 6) is -0.907. The van der Waals surface area contributed by atoms with Gasteiger partial charge in [-0.15, -0.1) is 10.2 Å². The molecule has 9 nitrogen and oxygen atoms in total. The van der Waals surface area contributed by atoms with Crippen molar-refractivity contribution < 1.29 is 17.9 Å². The van der Waals surface area contributed by atoms with Crippen molar-refractivity contribution in [1.82, 2.24) is 25.2 Å². The second kappa shape index (κ2) is 7.62. The second-order valence-corrected chi connectivity index (χ2v) is 8.84. The number of nitrogens with zero attached hydrogens (tertiary/aromatic N) is 5. The highest BCUT2D eigenvalue weighted by Crippen LogP contribution is 2.23. The lowest BCUT2D eigenvalue weighted by Crippen LogP contribution is -2.35. The van der Waals surface area contributed by atoms with Gasteiger partial charge in [0.1, 0.15) is 17.1 Å². The van der Waals surface area contributed by atoms with E-state index in [1.54, 1.807) is 18.2 Å². The number of sulfonamides is 1. The summed E-state index contributed by atoms with van der Waals surface area (Å²) in [6.07, 6.45) is 0. The molecule has 3 rings (SSSR count). The highest BCUT2D eigenvalue weighted by atomic mass is 79.9. The number of hydrogen-bond acceptors (Lipinski definition) is 7. The molecule has 1 atom stereocenters. The van der Waals surface area contributed by atoms with Crippen molar-refractivity contribution in [3.8, 4) is 11.5 Å². The summed E-state index contributed by atoms with van der Waals surface area (Å²) in [7, 11) is -3.92. The largest absolute Gasteiger partial charge is 0.383 e. The average molecular weight is 471 g/mol. The van der Waals surface area contributed by atoms with Crippen molar-refractivity contribution in [3.63, 3.8) is 0 Å². The van der Waals surface area contributed by atoms with Crippen LogP contribution in [0.1, 0.15) is 18.2 Å². The van der Waals surface area contributed by atoms with Crippen LogP contribution in [0.3, 0.4) is 0 Å². The van der Waals surface area contributed by atoms with Crippen LogP contribution in [0.5, 0.6) is 0 Å². The highest BCUT2D eigenvalue weighted by Gasteiger charge is 2.30. The first-order chi connectivity index (χ1) is 13.0. The summed E-state index contributed by atoms with van der Waals surface area (Å²) in [5, 5.41) is 27.5. The number of primary sulfonamides is 1. The molecule has 28 heavy (non-hydrogen) atoms. The van der Waals surface area contributed by atoms with E-state index in [-0.39, 0.29) is 29.6 Å². The number of pyridine rings is 1. The molecule has 0 aliphatic heterocycles. The predicted octanol–water partition coefficient (Wildman–Crippen LogP) is 1.18. The molecule has 3 N–H and O–H groups in total. The first kappa shape index (κ1) is 20.5. The molecular weight excluding hydrogens is 455 g/mol. The summed E-state index contributed by atoms with van der Waals surface area (Å²) >= 11 is 3.34. The molecule has 0 amide bonds. The van der Waals surface area contributed by atoms with Gasteiger partial charge in [-0.2, -0.15) is 4.80 Å². The van der Waals surface area contributed by atoms with Gasteiger partial charge in [-0.3, -0.25) is 0 Å². The van der Waals surface area contributed by atoms with Gasteiger partial charge in [-0.1, -0.05) is 22.0 Å². The molecule has 12 heteroatoms. The summed E-state index contributed by atoms with van der Waals surface area (Å²) in [6.45, 7) is 1.48. The Morgan fingerprint density at radius 3 is 2.79 bits per heavy atom. The number of rotatable bonds is 6. The third kappa shape index (κ3) is 4.95. The maximum atomic E-state index is 13.4. The fourth-order valence-electron chi connectivity index (χ4n) is 2.55. The van der Waals surface area contributed by atoms with Gasteiger partial charge >= 0.3 is 0 Å². The summed E-state index contributed by atoms with van der Waals surface area (Å²) in [5.41, 5.74) is -0.770. The van der Waals surface area contributed by atoms with Crippen molar-refractivity contribution in [2.24, 2.45) is 5.14 Å². The van der Waals surface area contributed by atoms with Crippen LogP contribution < -0.4 is 5.14 Å². The van der Waals surface area contributed by atoms with Crippen LogP contribution in [0.2, 0.25) is 0 Å². The lowest BCUT2D eigenvalue weighted by atomic mass is 10.0. The number of hydrogen-bond donors (Lipinski definition) is 2. The van der Waals surface area contributed by atoms with Gasteiger partial charge < -0.3 is 5.11 Å². The Bertz CT molecular complexity index is 1120. The van der Waals surface area contributed by atoms with E-state index in [0.717, 1.165) is 0 Å². The molecule has 0 fully saturated rings. The Morgan fingerprint density at radius 2 is 2.07 bits per heavy atom. The Kier molecular flexibility index (Phi) is 5.57. The van der Waals surface area contributed by atoms with Gasteiger partial charge in [0.2, 0.25) is 15.8 Å². The Morgan fingerprint density at radius 1 is 1.32 bits per heavy atom. The number of tetrazole rings is 1. The zero-order valence-electron chi connectivity index (χ0n) is 14.6. The Labute approximate surface area is 168 Å². The lowest BCUT2D eigenvalue weighted by Gasteiger charge is -2.21. The van der Waals surface area contributed by atoms with E-state index in [9.17, 15) is 17.9 Å². The summed E-state index contributed by atoms with van der Waals surface area (Å²) in [6, 6.07) is 8.92. The molecule has 3 aromatic rings. The molecule has 2 heterocycles. The number of aliphatic hydroxyl groups is 1. The number of halogens is 2. The maximum absolute atomic E-state index is 13.4. The molecule has 0 bridgehead atoms. The predicted molar refractivity (Wildman–Crippen MR) is 102 cm³/mol. The number of nitrogens with two attached hydrogens (primary N) is 1. The fourth-order valence-corrected chi connectivity index (χ4v) is 3.86. The van der Waals surface area contributed by atoms with E-state index in [2.05, 4.69) is 36.3 Å². The van der Waals surface area contributed by atoms with Crippen molar-refractivity contribution in [3.05, 3.63) is 57.9 Å². The highest BCUT2D eigenvalue weighted by molar-refractivity contribution is 9.10. The minimum Gasteiger partial charge on any atom is -0.383 e. The van der Waals surface area contributed by atoms with Crippen molar-refractivity contribution >= 4 is 26.0 Å². The quantitative estimate of drug-likeness (QED) is 0.551. The molecule has 2 aromatic heterocycles. The van der Waals surface area contributed by atoms with E-state index >= 15 is 0 Å². The third-order valence-corrected chi connectivity index (χ3v) is 5.52. The van der Waals surface area contributed by atoms with Crippen LogP contribution in [0.25, 0.3) is 11.5 Å². The van der Waals surface area contributed by atoms with Gasteiger partial charge in [0, 0.05) is 4.47 Å². The van der Waals surface area contributed by atoms with Gasteiger partial charge in [-0.05, 0) is 48.0 Å². The first-order valence-electron chi connectivity index (χ1n) is 7.96. The van der Waals surface area contributed by atoms with E-state index in [4.69, 9.17) is 5.14 Å². The number of aromatic nitrogens is 5. The van der Waals surface area contributed by atoms with E-state index in [0.29, 0.717) is 10.0 Å². The monoisotopic (exact) mass is 470 g/mol. The zero-order chi connectivity index (χ0) is 20.5. The summed E-state index contributed by atoms with van der Waals surface area (Å²) < 4.78 is 36.8. The number of benzene rings is 1. The summed E-state index contributed by atoms with van der Waals surface area (Å²) in [4.78, 5) is 5.50. The van der Waals surface area contributed by atoms with Crippen LogP contribution in [0.15, 0.2) is 40.9 Å². The van der Waals surface area contributed by atoms with Gasteiger partial charge in [0.05, 0.1) is 18.0 Å². The van der Waals surface area contributed by atoms with Crippen LogP contribution in [-0.4, -0.2) is 44.5 Å². The maximum Gasteiger partial charge on any atom is 0.223 e. The minimum absolute atomic E-state index is 0.100. The SMILES string of the molecule is C[C@](O)(CS(N)(=O)=O)c1cccc(-c2nnn(Cc3cc(F)ccc3Br)n2)n1. The van der Waals surface area contributed by atoms with Crippen LogP contribution >= 0.6 is 15.9 Å². The molecule has 0 aliphatic rings. The Hall–Kier alpha value is -2.28. The standard InChI is InChI=1S/C16H16BrFN6O3S/c1-16(25,9-28(19,26)27)14-4-2-3-13(20-14)15-21-23-24(22-15)8-10-7-11(18)5-6-12(10)17/h2-7,25H,8-9H2,1H3,(H2,19,26,27)/t16-/m0/s1. The molecule has 148 valence electrons. The van der Waals surface area contributed by atoms with Crippen molar-refractivity contribution in [1.29, 1.82) is 0 Å². The zero-order valence-corrected chi connectivity index (χ0v) is 17.0. The van der Waals surface area contributed by atoms with Crippen LogP contribution in [0.4, 0.5) is 4.39 Å². The van der Waals surface area contributed by atoms with Crippen LogP contribution in [-0.2, 0) is 22.2 Å². The van der Waals surface area contributed by atoms with Crippen molar-refractivity contribution in [2.75, 3.05) is 5.75 Å². The molecular formula is C16H16BrFN6O3S. The smallest absolute Gasteiger partial charge is 0.223 e. The Balaban J connectivity index is 1.87. The average Bonchev–Trinajstić information content (AvgIpc) is 3.05. The topological polar surface area (TPSA) is 137 Å². The van der Waals surface area contributed by atoms with E-state index in [1.807, 2.05) is 0 Å². The first-order valence-corrected chi connectivity index (χ1v) is 10.5. The molecule has 0 unspecified atom stereocenters. The fraction of sp³-hybridized carbons (Fsp3) is 0.250. The molecule has 0 aliphatic carbocycles. The molecule has 0 radical (unpaired) electrons. The van der Waals surface area contributed by atoms with Crippen molar-refractivity contribution in [2.45, 2.75) is 19.1 Å². The lowest BCUT2D eigenvalue weighted by molar-refractivity contribution is 0.0773. The third-order valence-electron chi connectivity index (χ3n) is 3.78. The molecule has 0 saturated carbocycles. The van der Waals surface area contributed by atoms with Gasteiger partial charge in [0.25, 0.3) is 0 Å². The van der Waals surface area contributed by atoms with Gasteiger partial charge in [0.15, 0.2) is 0 Å². The van der Waals surface area contributed by atoms with E-state index < -0.39 is 21.4 Å². The normalized spacial score (nSPS) is 14.0. The minimum atomic E-state index is -3.92. The second-order valence-electron chi connectivity index (χ2n) is 6.37.